The second-order valence-electron chi connectivity index (χ2n) is 3.67. The third-order valence-electron chi connectivity index (χ3n) is 2.33. The number of esters is 2. The second-order valence-corrected chi connectivity index (χ2v) is 4.01. The van der Waals surface area contributed by atoms with Gasteiger partial charge in [0.25, 0.3) is 5.24 Å². The maximum Gasteiger partial charge on any atom is 0.354 e. The predicted octanol–water partition coefficient (Wildman–Crippen LogP) is 1.85. The van der Waals surface area contributed by atoms with E-state index < -0.39 is 23.0 Å². The van der Waals surface area contributed by atoms with Crippen molar-refractivity contribution in [1.82, 2.24) is 0 Å². The van der Waals surface area contributed by atoms with Crippen molar-refractivity contribution in [1.29, 1.82) is 0 Å². The van der Waals surface area contributed by atoms with Crippen molar-refractivity contribution in [3.63, 3.8) is 0 Å². The largest absolute Gasteiger partial charge is 0.466 e. The van der Waals surface area contributed by atoms with Gasteiger partial charge in [0, 0.05) is 5.69 Å². The Kier molecular flexibility index (Phi) is 5.86. The first-order valence-electron chi connectivity index (χ1n) is 5.53. The fourth-order valence-electron chi connectivity index (χ4n) is 1.34. The maximum atomic E-state index is 13.3. The average Bonchev–Trinajstić information content (AvgIpc) is 2.46. The van der Waals surface area contributed by atoms with E-state index in [4.69, 9.17) is 11.6 Å². The van der Waals surface area contributed by atoms with Gasteiger partial charge in [-0.05, 0) is 29.8 Å². The van der Waals surface area contributed by atoms with Crippen LogP contribution in [0.25, 0.3) is 0 Å². The Hall–Kier alpha value is -2.41. The van der Waals surface area contributed by atoms with Gasteiger partial charge in [0.05, 0.1) is 25.9 Å². The number of carbonyl (C=O) groups is 3. The number of nitrogens with one attached hydrogen (secondary N) is 1. The molecule has 1 N–H and O–H groups in total. The van der Waals surface area contributed by atoms with Gasteiger partial charge in [-0.25, -0.2) is 14.0 Å². The highest BCUT2D eigenvalue weighted by Gasteiger charge is 2.15. The lowest BCUT2D eigenvalue weighted by atomic mass is 10.2. The molecule has 6 nitrogen and oxygen atoms in total. The Bertz CT molecular complexity index is 615. The van der Waals surface area contributed by atoms with Crippen molar-refractivity contribution in [2.75, 3.05) is 19.5 Å². The average molecular weight is 316 g/mol. The summed E-state index contributed by atoms with van der Waals surface area (Å²) in [6, 6.07) is 3.34. The molecule has 0 saturated carbocycles. The third kappa shape index (κ3) is 4.57. The van der Waals surface area contributed by atoms with Gasteiger partial charge < -0.3 is 14.8 Å². The molecule has 0 unspecified atom stereocenters. The van der Waals surface area contributed by atoms with E-state index in [-0.39, 0.29) is 16.9 Å². The van der Waals surface area contributed by atoms with Crippen LogP contribution in [0.3, 0.4) is 0 Å². The highest BCUT2D eigenvalue weighted by atomic mass is 35.5. The fourth-order valence-corrected chi connectivity index (χ4v) is 1.49. The number of carbonyl (C=O) groups excluding carboxylic acids is 3. The molecule has 0 aromatic heterocycles. The van der Waals surface area contributed by atoms with E-state index in [2.05, 4.69) is 14.8 Å². The Labute approximate surface area is 124 Å². The number of hydrogen-bond donors (Lipinski definition) is 1. The van der Waals surface area contributed by atoms with E-state index in [0.29, 0.717) is 0 Å². The van der Waals surface area contributed by atoms with E-state index in [0.717, 1.165) is 32.4 Å². The van der Waals surface area contributed by atoms with Crippen LogP contribution in [0.4, 0.5) is 10.1 Å². The standard InChI is InChI=1S/C13H11ClFNO5/c1-20-11(17)6-10(13(19)21-2)16-7-3-4-9(15)8(5-7)12(14)18/h3-6,16H,1-2H3/b10-6+. The first-order valence-corrected chi connectivity index (χ1v) is 5.91. The molecule has 0 aliphatic rings. The minimum atomic E-state index is -0.993. The van der Waals surface area contributed by atoms with Crippen molar-refractivity contribution in [2.24, 2.45) is 0 Å². The molecule has 0 bridgehead atoms. The number of benzene rings is 1. The minimum Gasteiger partial charge on any atom is -0.466 e. The van der Waals surface area contributed by atoms with Crippen LogP contribution in [0, 0.1) is 5.82 Å². The van der Waals surface area contributed by atoms with Crippen molar-refractivity contribution >= 4 is 34.5 Å². The van der Waals surface area contributed by atoms with Crippen LogP contribution in [0.1, 0.15) is 10.4 Å². The summed E-state index contributed by atoms with van der Waals surface area (Å²) in [4.78, 5) is 33.7. The molecule has 0 radical (unpaired) electrons. The minimum absolute atomic E-state index is 0.168. The Morgan fingerprint density at radius 3 is 2.43 bits per heavy atom. The topological polar surface area (TPSA) is 81.7 Å². The molecule has 0 atom stereocenters. The summed E-state index contributed by atoms with van der Waals surface area (Å²) in [6.07, 6.45) is 0.859. The molecule has 0 spiro atoms. The van der Waals surface area contributed by atoms with Crippen LogP contribution in [-0.4, -0.2) is 31.4 Å². The first-order chi connectivity index (χ1) is 9.88. The van der Waals surface area contributed by atoms with Crippen LogP contribution in [0.5, 0.6) is 0 Å². The molecule has 112 valence electrons. The molecule has 0 fully saturated rings. The molecule has 0 amide bonds. The molecule has 1 rings (SSSR count). The van der Waals surface area contributed by atoms with Crippen LogP contribution >= 0.6 is 11.6 Å². The van der Waals surface area contributed by atoms with Gasteiger partial charge in [-0.3, -0.25) is 4.79 Å². The summed E-state index contributed by atoms with van der Waals surface area (Å²) in [5.74, 6) is -2.45. The van der Waals surface area contributed by atoms with Crippen LogP contribution in [0.2, 0.25) is 0 Å². The monoisotopic (exact) mass is 315 g/mol. The lowest BCUT2D eigenvalue weighted by Crippen LogP contribution is -2.15. The predicted molar refractivity (Wildman–Crippen MR) is 72.3 cm³/mol. The molecular formula is C13H11ClFNO5. The normalized spacial score (nSPS) is 10.8. The molecule has 0 heterocycles. The molecular weight excluding hydrogens is 305 g/mol. The van der Waals surface area contributed by atoms with Crippen LogP contribution < -0.4 is 5.32 Å². The summed E-state index contributed by atoms with van der Waals surface area (Å²) in [6.45, 7) is 0. The summed E-state index contributed by atoms with van der Waals surface area (Å²) >= 11 is 5.23. The van der Waals surface area contributed by atoms with Gasteiger partial charge in [0.1, 0.15) is 11.5 Å². The maximum absolute atomic E-state index is 13.3. The van der Waals surface area contributed by atoms with Crippen molar-refractivity contribution in [3.05, 3.63) is 41.4 Å². The molecule has 21 heavy (non-hydrogen) atoms. The Morgan fingerprint density at radius 1 is 1.24 bits per heavy atom. The fraction of sp³-hybridized carbons (Fsp3) is 0.154. The number of hydrogen-bond acceptors (Lipinski definition) is 6. The zero-order chi connectivity index (χ0) is 16.0. The number of halogens is 2. The summed E-state index contributed by atoms with van der Waals surface area (Å²) in [5.41, 5.74) is -0.450. The van der Waals surface area contributed by atoms with Gasteiger partial charge in [-0.2, -0.15) is 0 Å². The highest BCUT2D eigenvalue weighted by molar-refractivity contribution is 6.67. The van der Waals surface area contributed by atoms with E-state index >= 15 is 0 Å². The van der Waals surface area contributed by atoms with E-state index in [1.807, 2.05) is 0 Å². The molecule has 1 aromatic rings. The molecule has 1 aromatic carbocycles. The Morgan fingerprint density at radius 2 is 1.90 bits per heavy atom. The number of methoxy groups -OCH3 is 2. The van der Waals surface area contributed by atoms with Crippen LogP contribution in [-0.2, 0) is 19.1 Å². The van der Waals surface area contributed by atoms with E-state index in [1.165, 1.54) is 6.07 Å². The molecule has 0 saturated heterocycles. The SMILES string of the molecule is COC(=O)/C=C(/Nc1ccc(F)c(C(=O)Cl)c1)C(=O)OC. The number of ether oxygens (including phenoxy) is 2. The Balaban J connectivity index is 3.12. The number of anilines is 1. The zero-order valence-electron chi connectivity index (χ0n) is 11.1. The molecule has 8 heteroatoms. The lowest BCUT2D eigenvalue weighted by molar-refractivity contribution is -0.138. The number of rotatable bonds is 5. The zero-order valence-corrected chi connectivity index (χ0v) is 11.9. The van der Waals surface area contributed by atoms with E-state index in [1.54, 1.807) is 0 Å². The molecule has 0 aliphatic carbocycles. The third-order valence-corrected chi connectivity index (χ3v) is 2.53. The second kappa shape index (κ2) is 7.39. The summed E-state index contributed by atoms with van der Waals surface area (Å²) in [7, 11) is 2.25. The highest BCUT2D eigenvalue weighted by Crippen LogP contribution is 2.18. The summed E-state index contributed by atoms with van der Waals surface area (Å²) < 4.78 is 22.2. The van der Waals surface area contributed by atoms with Gasteiger partial charge in [-0.15, -0.1) is 0 Å². The van der Waals surface area contributed by atoms with Gasteiger partial charge in [-0.1, -0.05) is 0 Å². The quantitative estimate of drug-likeness (QED) is 0.507. The summed E-state index contributed by atoms with van der Waals surface area (Å²) in [5, 5.41) is 1.53. The van der Waals surface area contributed by atoms with Gasteiger partial charge in [0.2, 0.25) is 0 Å². The van der Waals surface area contributed by atoms with Crippen LogP contribution in [0.15, 0.2) is 30.0 Å². The van der Waals surface area contributed by atoms with Crippen molar-refractivity contribution < 1.29 is 28.2 Å². The van der Waals surface area contributed by atoms with E-state index in [9.17, 15) is 18.8 Å². The first kappa shape index (κ1) is 16.6. The van der Waals surface area contributed by atoms with Gasteiger partial charge >= 0.3 is 11.9 Å². The van der Waals surface area contributed by atoms with Gasteiger partial charge in [0.15, 0.2) is 0 Å². The van der Waals surface area contributed by atoms with Crippen molar-refractivity contribution in [2.45, 2.75) is 0 Å². The lowest BCUT2D eigenvalue weighted by Gasteiger charge is -2.10. The smallest absolute Gasteiger partial charge is 0.354 e. The van der Waals surface area contributed by atoms with Crippen molar-refractivity contribution in [3.8, 4) is 0 Å². The molecule has 0 aliphatic heterocycles.